The van der Waals surface area contributed by atoms with Gasteiger partial charge in [-0.05, 0) is 48.0 Å². The van der Waals surface area contributed by atoms with E-state index in [1.54, 1.807) is 28.9 Å². The van der Waals surface area contributed by atoms with Crippen molar-refractivity contribution in [3.63, 3.8) is 0 Å². The van der Waals surface area contributed by atoms with Crippen LogP contribution < -0.4 is 5.32 Å². The Kier molecular flexibility index (Phi) is 6.49. The molecule has 0 aliphatic rings. The molecule has 136 valence electrons. The van der Waals surface area contributed by atoms with Gasteiger partial charge in [-0.1, -0.05) is 6.07 Å². The molecule has 3 heterocycles. The zero-order valence-electron chi connectivity index (χ0n) is 14.9. The van der Waals surface area contributed by atoms with Gasteiger partial charge < -0.3 is 5.32 Å². The number of nitrogens with zero attached hydrogens (tertiary/aromatic N) is 3. The van der Waals surface area contributed by atoms with E-state index in [-0.39, 0.29) is 11.9 Å². The third-order valence-electron chi connectivity index (χ3n) is 3.88. The van der Waals surface area contributed by atoms with Crippen molar-refractivity contribution in [1.29, 1.82) is 0 Å². The average Bonchev–Trinajstić information content (AvgIpc) is 3.26. The van der Waals surface area contributed by atoms with Gasteiger partial charge in [-0.25, -0.2) is 4.98 Å². The maximum Gasteiger partial charge on any atom is 0.234 e. The van der Waals surface area contributed by atoms with Crippen LogP contribution in [-0.2, 0) is 17.8 Å². The van der Waals surface area contributed by atoms with Crippen LogP contribution in [0.1, 0.15) is 27.9 Å². The molecule has 0 aliphatic carbocycles. The zero-order valence-corrected chi connectivity index (χ0v) is 16.5. The Morgan fingerprint density at radius 2 is 2.19 bits per heavy atom. The second-order valence-corrected chi connectivity index (χ2v) is 7.99. The van der Waals surface area contributed by atoms with Crippen LogP contribution in [0.25, 0.3) is 0 Å². The van der Waals surface area contributed by atoms with E-state index in [2.05, 4.69) is 32.1 Å². The van der Waals surface area contributed by atoms with Gasteiger partial charge in [0, 0.05) is 36.4 Å². The number of aryl methyl sites for hydroxylation is 1. The summed E-state index contributed by atoms with van der Waals surface area (Å²) in [5.41, 5.74) is 3.30. The van der Waals surface area contributed by atoms with Gasteiger partial charge in [-0.3, -0.25) is 14.7 Å². The highest BCUT2D eigenvalue weighted by Gasteiger charge is 2.19. The van der Waals surface area contributed by atoms with E-state index in [1.165, 1.54) is 5.56 Å². The molecule has 0 spiro atoms. The minimum atomic E-state index is -0.0948. The molecule has 26 heavy (non-hydrogen) atoms. The molecule has 1 atom stereocenters. The predicted octanol–water partition coefficient (Wildman–Crippen LogP) is 3.44. The molecule has 0 saturated carbocycles. The molecule has 1 amide bonds. The zero-order chi connectivity index (χ0) is 18.4. The Morgan fingerprint density at radius 1 is 1.31 bits per heavy atom. The third-order valence-corrected chi connectivity index (χ3v) is 5.69. The molecule has 0 aromatic carbocycles. The largest absolute Gasteiger partial charge is 0.345 e. The maximum atomic E-state index is 12.6. The second kappa shape index (κ2) is 9.02. The van der Waals surface area contributed by atoms with E-state index < -0.39 is 0 Å². The molecule has 0 bridgehead atoms. The van der Waals surface area contributed by atoms with Crippen molar-refractivity contribution in [3.8, 4) is 0 Å². The van der Waals surface area contributed by atoms with Crippen molar-refractivity contribution in [2.24, 2.45) is 0 Å². The van der Waals surface area contributed by atoms with Crippen LogP contribution in [0.15, 0.2) is 46.7 Å². The lowest BCUT2D eigenvalue weighted by atomic mass is 10.1. The Labute approximate surface area is 161 Å². The molecule has 7 heteroatoms. The number of pyridine rings is 1. The number of aromatic nitrogens is 2. The van der Waals surface area contributed by atoms with Crippen molar-refractivity contribution < 1.29 is 4.79 Å². The summed E-state index contributed by atoms with van der Waals surface area (Å²) in [5, 5.41) is 10.3. The number of nitrogens with one attached hydrogen (secondary N) is 1. The molecule has 0 radical (unpaired) electrons. The van der Waals surface area contributed by atoms with Gasteiger partial charge >= 0.3 is 0 Å². The second-order valence-electron chi connectivity index (χ2n) is 6.32. The fourth-order valence-corrected chi connectivity index (χ4v) is 4.25. The summed E-state index contributed by atoms with van der Waals surface area (Å²) in [6, 6.07) is 5.92. The smallest absolute Gasteiger partial charge is 0.234 e. The summed E-state index contributed by atoms with van der Waals surface area (Å²) in [6.45, 7) is 3.00. The highest BCUT2D eigenvalue weighted by molar-refractivity contribution is 7.09. The normalized spacial score (nSPS) is 12.3. The Morgan fingerprint density at radius 3 is 2.85 bits per heavy atom. The van der Waals surface area contributed by atoms with Gasteiger partial charge in [0.15, 0.2) is 0 Å². The third kappa shape index (κ3) is 5.45. The van der Waals surface area contributed by atoms with Crippen LogP contribution in [0.2, 0.25) is 0 Å². The molecule has 0 aliphatic heterocycles. The molecule has 1 N–H and O–H groups in total. The lowest BCUT2D eigenvalue weighted by Crippen LogP contribution is -2.37. The number of thiazole rings is 1. The number of rotatable bonds is 8. The first-order valence-electron chi connectivity index (χ1n) is 8.40. The minimum absolute atomic E-state index is 0.00414. The summed E-state index contributed by atoms with van der Waals surface area (Å²) in [6.07, 6.45) is 4.34. The first kappa shape index (κ1) is 18.7. The van der Waals surface area contributed by atoms with Crippen molar-refractivity contribution in [2.75, 3.05) is 13.6 Å². The Bertz CT molecular complexity index is 817. The van der Waals surface area contributed by atoms with Gasteiger partial charge in [-0.2, -0.15) is 11.3 Å². The fraction of sp³-hybridized carbons (Fsp3) is 0.316. The van der Waals surface area contributed by atoms with Crippen LogP contribution in [0.4, 0.5) is 0 Å². The molecular formula is C19H22N4OS2. The number of hydrogen-bond acceptors (Lipinski definition) is 6. The number of likely N-dealkylation sites (N-methyl/N-ethyl adjacent to an activating group) is 1. The summed E-state index contributed by atoms with van der Waals surface area (Å²) in [4.78, 5) is 23.3. The summed E-state index contributed by atoms with van der Waals surface area (Å²) >= 11 is 3.27. The topological polar surface area (TPSA) is 58.1 Å². The van der Waals surface area contributed by atoms with Crippen LogP contribution in [0, 0.1) is 6.92 Å². The lowest BCUT2D eigenvalue weighted by molar-refractivity contribution is -0.122. The molecule has 5 nitrogen and oxygen atoms in total. The van der Waals surface area contributed by atoms with Crippen LogP contribution in [0.5, 0.6) is 0 Å². The van der Waals surface area contributed by atoms with Gasteiger partial charge in [0.05, 0.1) is 12.6 Å². The van der Waals surface area contributed by atoms with Crippen LogP contribution in [0.3, 0.4) is 0 Å². The Hall–Kier alpha value is -2.09. The van der Waals surface area contributed by atoms with Crippen molar-refractivity contribution in [2.45, 2.75) is 25.9 Å². The SMILES string of the molecule is Cc1csc(C(Cc2ccsc2)NC(=O)CN(C)Cc2cccnc2)n1. The number of carbonyl (C=O) groups is 1. The van der Waals surface area contributed by atoms with E-state index in [1.807, 2.05) is 42.6 Å². The molecule has 3 aromatic heterocycles. The molecular weight excluding hydrogens is 364 g/mol. The van der Waals surface area contributed by atoms with Gasteiger partial charge in [-0.15, -0.1) is 11.3 Å². The highest BCUT2D eigenvalue weighted by atomic mass is 32.1. The predicted molar refractivity (Wildman–Crippen MR) is 106 cm³/mol. The van der Waals surface area contributed by atoms with Gasteiger partial charge in [0.25, 0.3) is 0 Å². The van der Waals surface area contributed by atoms with E-state index in [4.69, 9.17) is 0 Å². The molecule has 3 rings (SSSR count). The average molecular weight is 387 g/mol. The molecule has 1 unspecified atom stereocenters. The summed E-state index contributed by atoms with van der Waals surface area (Å²) in [7, 11) is 1.94. The van der Waals surface area contributed by atoms with E-state index in [9.17, 15) is 4.79 Å². The lowest BCUT2D eigenvalue weighted by Gasteiger charge is -2.20. The number of amides is 1. The summed E-state index contributed by atoms with van der Waals surface area (Å²) in [5.74, 6) is 0.00414. The van der Waals surface area contributed by atoms with Crippen molar-refractivity contribution in [1.82, 2.24) is 20.2 Å². The number of hydrogen-bond donors (Lipinski definition) is 1. The number of carbonyl (C=O) groups excluding carboxylic acids is 1. The van der Waals surface area contributed by atoms with E-state index in [0.29, 0.717) is 13.1 Å². The molecule has 3 aromatic rings. The van der Waals surface area contributed by atoms with Crippen molar-refractivity contribution in [3.05, 3.63) is 68.6 Å². The monoisotopic (exact) mass is 386 g/mol. The first-order valence-corrected chi connectivity index (χ1v) is 10.2. The number of thiophene rings is 1. The van der Waals surface area contributed by atoms with Crippen LogP contribution >= 0.6 is 22.7 Å². The van der Waals surface area contributed by atoms with Crippen molar-refractivity contribution >= 4 is 28.6 Å². The van der Waals surface area contributed by atoms with Gasteiger partial charge in [0.1, 0.15) is 5.01 Å². The first-order chi connectivity index (χ1) is 12.6. The molecule has 0 fully saturated rings. The Balaban J connectivity index is 1.61. The maximum absolute atomic E-state index is 12.6. The highest BCUT2D eigenvalue weighted by Crippen LogP contribution is 2.23. The fourth-order valence-electron chi connectivity index (χ4n) is 2.72. The summed E-state index contributed by atoms with van der Waals surface area (Å²) < 4.78 is 0. The van der Waals surface area contributed by atoms with E-state index >= 15 is 0 Å². The quantitative estimate of drug-likeness (QED) is 0.644. The standard InChI is InChI=1S/C19H22N4OS2/c1-14-12-26-19(21-14)17(8-15-5-7-25-13-15)22-18(24)11-23(2)10-16-4-3-6-20-9-16/h3-7,9,12-13,17H,8,10-11H2,1-2H3,(H,22,24). The minimum Gasteiger partial charge on any atom is -0.345 e. The van der Waals surface area contributed by atoms with Gasteiger partial charge in [0.2, 0.25) is 5.91 Å². The molecule has 0 saturated heterocycles. The van der Waals surface area contributed by atoms with Crippen LogP contribution in [-0.4, -0.2) is 34.4 Å². The van der Waals surface area contributed by atoms with E-state index in [0.717, 1.165) is 22.7 Å².